The summed E-state index contributed by atoms with van der Waals surface area (Å²) in [5.74, 6) is 4.27. The van der Waals surface area contributed by atoms with Gasteiger partial charge in [-0.25, -0.2) is 0 Å². The monoisotopic (exact) mass is 261 g/mol. The molecule has 96 valence electrons. The largest absolute Gasteiger partial charge is 0.357 e. The molecule has 0 atom stereocenters. The van der Waals surface area contributed by atoms with Crippen molar-refractivity contribution in [3.8, 4) is 12.3 Å². The van der Waals surface area contributed by atoms with Crippen molar-refractivity contribution < 1.29 is 0 Å². The van der Waals surface area contributed by atoms with Crippen molar-refractivity contribution in [1.82, 2.24) is 10.6 Å². The third-order valence-corrected chi connectivity index (χ3v) is 3.07. The van der Waals surface area contributed by atoms with E-state index < -0.39 is 0 Å². The summed E-state index contributed by atoms with van der Waals surface area (Å²) in [6.07, 6.45) is 5.20. The topological polar surface area (TPSA) is 36.4 Å². The van der Waals surface area contributed by atoms with Gasteiger partial charge in [0.15, 0.2) is 5.96 Å². The zero-order valence-corrected chi connectivity index (χ0v) is 11.5. The maximum Gasteiger partial charge on any atom is 0.192 e. The molecule has 0 heterocycles. The van der Waals surface area contributed by atoms with Gasteiger partial charge < -0.3 is 10.6 Å². The van der Waals surface area contributed by atoms with Crippen molar-refractivity contribution in [3.63, 3.8) is 0 Å². The first-order valence-corrected chi connectivity index (χ1v) is 6.99. The van der Waals surface area contributed by atoms with Crippen LogP contribution in [0.5, 0.6) is 0 Å². The van der Waals surface area contributed by atoms with Gasteiger partial charge in [0.25, 0.3) is 0 Å². The van der Waals surface area contributed by atoms with Crippen LogP contribution in [0, 0.1) is 12.3 Å². The molecule has 0 radical (unpaired) electrons. The van der Waals surface area contributed by atoms with Gasteiger partial charge in [0.1, 0.15) is 0 Å². The molecule has 0 saturated heterocycles. The van der Waals surface area contributed by atoms with Crippen LogP contribution in [0.1, 0.15) is 6.92 Å². The first-order chi connectivity index (χ1) is 8.86. The lowest BCUT2D eigenvalue weighted by molar-refractivity contribution is 0.874. The minimum absolute atomic E-state index is 0.498. The molecule has 0 bridgehead atoms. The normalized spacial score (nSPS) is 10.8. The van der Waals surface area contributed by atoms with Crippen molar-refractivity contribution >= 4 is 17.7 Å². The second-order valence-corrected chi connectivity index (χ2v) is 4.65. The number of benzene rings is 1. The van der Waals surface area contributed by atoms with Crippen LogP contribution in [0.15, 0.2) is 40.2 Å². The molecule has 1 rings (SSSR count). The quantitative estimate of drug-likeness (QED) is 0.270. The van der Waals surface area contributed by atoms with Crippen molar-refractivity contribution in [1.29, 1.82) is 0 Å². The van der Waals surface area contributed by atoms with Gasteiger partial charge in [0.05, 0.1) is 13.1 Å². The number of aliphatic imine (C=N–C) groups is 1. The molecule has 0 aliphatic carbocycles. The van der Waals surface area contributed by atoms with Crippen LogP contribution in [0.4, 0.5) is 0 Å². The predicted molar refractivity (Wildman–Crippen MR) is 80.0 cm³/mol. The van der Waals surface area contributed by atoms with Crippen LogP contribution < -0.4 is 10.6 Å². The summed E-state index contributed by atoms with van der Waals surface area (Å²) in [6, 6.07) is 10.3. The summed E-state index contributed by atoms with van der Waals surface area (Å²) in [6.45, 7) is 4.13. The maximum atomic E-state index is 5.20. The van der Waals surface area contributed by atoms with Gasteiger partial charge >= 0.3 is 0 Å². The highest BCUT2D eigenvalue weighted by Crippen LogP contribution is 2.16. The van der Waals surface area contributed by atoms with Gasteiger partial charge in [-0.3, -0.25) is 4.99 Å². The molecule has 0 aliphatic rings. The Balaban J connectivity index is 2.30. The van der Waals surface area contributed by atoms with Gasteiger partial charge in [0.2, 0.25) is 0 Å². The minimum Gasteiger partial charge on any atom is -0.357 e. The first kappa shape index (κ1) is 14.5. The van der Waals surface area contributed by atoms with Crippen molar-refractivity contribution in [2.45, 2.75) is 11.8 Å². The fourth-order valence-corrected chi connectivity index (χ4v) is 2.08. The average molecular weight is 261 g/mol. The number of thioether (sulfide) groups is 1. The van der Waals surface area contributed by atoms with Crippen molar-refractivity contribution in [2.75, 3.05) is 25.4 Å². The summed E-state index contributed by atoms with van der Waals surface area (Å²) in [4.78, 5) is 5.72. The molecule has 3 nitrogen and oxygen atoms in total. The number of guanidine groups is 1. The molecule has 4 heteroatoms. The number of rotatable bonds is 6. The highest BCUT2D eigenvalue weighted by molar-refractivity contribution is 7.99. The molecule has 18 heavy (non-hydrogen) atoms. The Morgan fingerprint density at radius 3 is 2.78 bits per heavy atom. The smallest absolute Gasteiger partial charge is 0.192 e. The molecule has 0 spiro atoms. The number of nitrogens with one attached hydrogen (secondary N) is 2. The Bertz CT molecular complexity index is 395. The molecule has 0 fully saturated rings. The molecule has 1 aromatic rings. The summed E-state index contributed by atoms with van der Waals surface area (Å²) < 4.78 is 0. The molecule has 0 unspecified atom stereocenters. The summed E-state index contributed by atoms with van der Waals surface area (Å²) in [5, 5.41) is 6.21. The molecule has 0 aliphatic heterocycles. The van der Waals surface area contributed by atoms with E-state index in [2.05, 4.69) is 33.7 Å². The van der Waals surface area contributed by atoms with E-state index in [0.29, 0.717) is 6.54 Å². The van der Waals surface area contributed by atoms with Gasteiger partial charge in [0, 0.05) is 17.2 Å². The summed E-state index contributed by atoms with van der Waals surface area (Å²) in [7, 11) is 0. The fraction of sp³-hybridized carbons (Fsp3) is 0.357. The standard InChI is InChI=1S/C14H19N3S/c1-3-10-16-14(15-4-2)17-11-12-18-13-8-6-5-7-9-13/h1,5-9H,4,10-12H2,2H3,(H2,15,16,17). The number of nitrogens with zero attached hydrogens (tertiary/aromatic N) is 1. The van der Waals surface area contributed by atoms with Crippen LogP contribution in [-0.4, -0.2) is 31.3 Å². The van der Waals surface area contributed by atoms with E-state index >= 15 is 0 Å². The fourth-order valence-electron chi connectivity index (χ4n) is 1.31. The first-order valence-electron chi connectivity index (χ1n) is 6.00. The lowest BCUT2D eigenvalue weighted by Crippen LogP contribution is -2.37. The second-order valence-electron chi connectivity index (χ2n) is 3.48. The second kappa shape index (κ2) is 9.43. The van der Waals surface area contributed by atoms with E-state index in [-0.39, 0.29) is 0 Å². The summed E-state index contributed by atoms with van der Waals surface area (Å²) >= 11 is 1.80. The lowest BCUT2D eigenvalue weighted by Gasteiger charge is -2.08. The number of hydrogen-bond donors (Lipinski definition) is 2. The van der Waals surface area contributed by atoms with Crippen LogP contribution in [0.3, 0.4) is 0 Å². The van der Waals surface area contributed by atoms with E-state index in [1.807, 2.05) is 25.1 Å². The molecule has 0 amide bonds. The SMILES string of the molecule is C#CCNC(=NCCSc1ccccc1)NCC. The van der Waals surface area contributed by atoms with Crippen LogP contribution >= 0.6 is 11.8 Å². The number of hydrogen-bond acceptors (Lipinski definition) is 2. The maximum absolute atomic E-state index is 5.20. The predicted octanol–water partition coefficient (Wildman–Crippen LogP) is 1.97. The zero-order valence-electron chi connectivity index (χ0n) is 10.6. The van der Waals surface area contributed by atoms with E-state index in [0.717, 1.165) is 24.8 Å². The zero-order chi connectivity index (χ0) is 13.1. The molecule has 0 saturated carbocycles. The average Bonchev–Trinajstić information content (AvgIpc) is 2.42. The third kappa shape index (κ3) is 6.21. The Kier molecular flexibility index (Phi) is 7.58. The Morgan fingerprint density at radius 1 is 1.33 bits per heavy atom. The Labute approximate surface area is 113 Å². The van der Waals surface area contributed by atoms with Crippen molar-refractivity contribution in [3.05, 3.63) is 30.3 Å². The molecule has 0 aromatic heterocycles. The van der Waals surface area contributed by atoms with Crippen LogP contribution in [-0.2, 0) is 0 Å². The molecule has 1 aromatic carbocycles. The van der Waals surface area contributed by atoms with E-state index in [4.69, 9.17) is 6.42 Å². The van der Waals surface area contributed by atoms with Crippen LogP contribution in [0.25, 0.3) is 0 Å². The van der Waals surface area contributed by atoms with E-state index in [1.54, 1.807) is 11.8 Å². The lowest BCUT2D eigenvalue weighted by atomic mass is 10.4. The van der Waals surface area contributed by atoms with Gasteiger partial charge in [-0.15, -0.1) is 18.2 Å². The van der Waals surface area contributed by atoms with Crippen LogP contribution in [0.2, 0.25) is 0 Å². The van der Waals surface area contributed by atoms with Gasteiger partial charge in [-0.05, 0) is 19.1 Å². The molecule has 2 N–H and O–H groups in total. The van der Waals surface area contributed by atoms with Crippen molar-refractivity contribution in [2.24, 2.45) is 4.99 Å². The number of terminal acetylenes is 1. The minimum atomic E-state index is 0.498. The Morgan fingerprint density at radius 2 is 2.11 bits per heavy atom. The van der Waals surface area contributed by atoms with Gasteiger partial charge in [-0.1, -0.05) is 24.1 Å². The third-order valence-electron chi connectivity index (χ3n) is 2.08. The Hall–Kier alpha value is -1.60. The van der Waals surface area contributed by atoms with Gasteiger partial charge in [-0.2, -0.15) is 0 Å². The van der Waals surface area contributed by atoms with E-state index in [9.17, 15) is 0 Å². The molecular formula is C14H19N3S. The molecular weight excluding hydrogens is 242 g/mol. The summed E-state index contributed by atoms with van der Waals surface area (Å²) in [5.41, 5.74) is 0. The van der Waals surface area contributed by atoms with E-state index in [1.165, 1.54) is 4.90 Å². The highest BCUT2D eigenvalue weighted by Gasteiger charge is 1.95. The highest BCUT2D eigenvalue weighted by atomic mass is 32.2.